The summed E-state index contributed by atoms with van der Waals surface area (Å²) >= 11 is 12.3. The number of piperidine rings is 1. The zero-order valence-corrected chi connectivity index (χ0v) is 17.8. The average molecular weight is 447 g/mol. The third-order valence-electron chi connectivity index (χ3n) is 5.04. The monoisotopic (exact) mass is 446 g/mol. The third kappa shape index (κ3) is 4.37. The number of carbonyl (C=O) groups excluding carboxylic acids is 1. The number of para-hydroxylation sites is 1. The topological polar surface area (TPSA) is 80.5 Å². The molecule has 1 aromatic heterocycles. The van der Waals surface area contributed by atoms with Gasteiger partial charge in [-0.3, -0.25) is 0 Å². The highest BCUT2D eigenvalue weighted by atomic mass is 35.5. The van der Waals surface area contributed by atoms with Gasteiger partial charge in [-0.15, -0.1) is 0 Å². The molecule has 0 radical (unpaired) electrons. The predicted octanol–water partition coefficient (Wildman–Crippen LogP) is 5.46. The van der Waals surface area contributed by atoms with Crippen molar-refractivity contribution in [1.82, 2.24) is 15.0 Å². The Morgan fingerprint density at radius 2 is 1.93 bits per heavy atom. The van der Waals surface area contributed by atoms with Gasteiger partial charge in [0.2, 0.25) is 11.7 Å². The van der Waals surface area contributed by atoms with Gasteiger partial charge in [-0.1, -0.05) is 34.4 Å². The molecule has 2 heterocycles. The number of hydrogen-bond donors (Lipinski definition) is 1. The number of rotatable bonds is 4. The van der Waals surface area contributed by atoms with Crippen LogP contribution in [0, 0.1) is 0 Å². The van der Waals surface area contributed by atoms with Crippen molar-refractivity contribution in [3.8, 4) is 17.1 Å². The highest BCUT2D eigenvalue weighted by molar-refractivity contribution is 6.39. The molecule has 1 atom stereocenters. The van der Waals surface area contributed by atoms with E-state index in [1.165, 1.54) is 0 Å². The van der Waals surface area contributed by atoms with Gasteiger partial charge in [0.1, 0.15) is 5.75 Å². The highest BCUT2D eigenvalue weighted by Crippen LogP contribution is 2.32. The van der Waals surface area contributed by atoms with Gasteiger partial charge in [-0.05, 0) is 49.2 Å². The molecular formula is C21H20Cl2N4O3. The SMILES string of the molecule is COc1ccc(-c2noc(C3CCCN(C(=O)Nc4c(Cl)cccc4Cl)C3)n2)cc1. The van der Waals surface area contributed by atoms with Gasteiger partial charge in [-0.25, -0.2) is 4.79 Å². The summed E-state index contributed by atoms with van der Waals surface area (Å²) < 4.78 is 10.7. The van der Waals surface area contributed by atoms with E-state index in [1.807, 2.05) is 24.3 Å². The summed E-state index contributed by atoms with van der Waals surface area (Å²) in [5.41, 5.74) is 1.25. The molecule has 0 aliphatic carbocycles. The number of benzene rings is 2. The van der Waals surface area contributed by atoms with Crippen LogP contribution in [0.25, 0.3) is 11.4 Å². The Bertz CT molecular complexity index is 1020. The van der Waals surface area contributed by atoms with Crippen LogP contribution in [-0.4, -0.2) is 41.3 Å². The molecule has 1 unspecified atom stereocenters. The van der Waals surface area contributed by atoms with Crippen LogP contribution in [0.3, 0.4) is 0 Å². The lowest BCUT2D eigenvalue weighted by Crippen LogP contribution is -2.41. The number of carbonyl (C=O) groups is 1. The van der Waals surface area contributed by atoms with E-state index in [-0.39, 0.29) is 11.9 Å². The summed E-state index contributed by atoms with van der Waals surface area (Å²) in [5, 5.41) is 7.69. The smallest absolute Gasteiger partial charge is 0.321 e. The Morgan fingerprint density at radius 1 is 1.20 bits per heavy atom. The molecule has 0 saturated carbocycles. The van der Waals surface area contributed by atoms with E-state index in [1.54, 1.807) is 30.2 Å². The number of nitrogens with zero attached hydrogens (tertiary/aromatic N) is 3. The Morgan fingerprint density at radius 3 is 2.63 bits per heavy atom. The summed E-state index contributed by atoms with van der Waals surface area (Å²) in [6.07, 6.45) is 1.69. The number of methoxy groups -OCH3 is 1. The van der Waals surface area contributed by atoms with Crippen LogP contribution < -0.4 is 10.1 Å². The summed E-state index contributed by atoms with van der Waals surface area (Å²) in [7, 11) is 1.62. The van der Waals surface area contributed by atoms with Crippen molar-refractivity contribution in [2.75, 3.05) is 25.5 Å². The number of anilines is 1. The second-order valence-electron chi connectivity index (χ2n) is 7.00. The van der Waals surface area contributed by atoms with Gasteiger partial charge in [0.15, 0.2) is 0 Å². The number of urea groups is 1. The number of hydrogen-bond acceptors (Lipinski definition) is 5. The molecule has 1 fully saturated rings. The average Bonchev–Trinajstić information content (AvgIpc) is 3.27. The number of aromatic nitrogens is 2. The minimum Gasteiger partial charge on any atom is -0.497 e. The maximum atomic E-state index is 12.8. The number of nitrogens with one attached hydrogen (secondary N) is 1. The molecule has 156 valence electrons. The van der Waals surface area contributed by atoms with E-state index in [2.05, 4.69) is 15.5 Å². The highest BCUT2D eigenvalue weighted by Gasteiger charge is 2.29. The number of ether oxygens (including phenoxy) is 1. The standard InChI is InChI=1S/C21H20Cl2N4O3/c1-29-15-9-7-13(8-10-15)19-25-20(30-26-19)14-4-3-11-27(12-14)21(28)24-18-16(22)5-2-6-17(18)23/h2,5-10,14H,3-4,11-12H2,1H3,(H,24,28). The first-order valence-corrected chi connectivity index (χ1v) is 10.3. The molecule has 2 aromatic carbocycles. The first kappa shape index (κ1) is 20.5. The first-order chi connectivity index (χ1) is 14.5. The van der Waals surface area contributed by atoms with Crippen LogP contribution in [0.1, 0.15) is 24.7 Å². The fraction of sp³-hybridized carbons (Fsp3) is 0.286. The van der Waals surface area contributed by atoms with E-state index in [4.69, 9.17) is 32.5 Å². The predicted molar refractivity (Wildman–Crippen MR) is 115 cm³/mol. The normalized spacial score (nSPS) is 16.4. The van der Waals surface area contributed by atoms with Crippen molar-refractivity contribution in [2.24, 2.45) is 0 Å². The van der Waals surface area contributed by atoms with Gasteiger partial charge in [-0.2, -0.15) is 4.98 Å². The Balaban J connectivity index is 1.45. The zero-order chi connectivity index (χ0) is 21.1. The second-order valence-corrected chi connectivity index (χ2v) is 7.81. The van der Waals surface area contributed by atoms with Crippen molar-refractivity contribution in [3.05, 3.63) is 58.4 Å². The van der Waals surface area contributed by atoms with Crippen molar-refractivity contribution in [1.29, 1.82) is 0 Å². The van der Waals surface area contributed by atoms with Crippen molar-refractivity contribution in [2.45, 2.75) is 18.8 Å². The molecule has 0 bridgehead atoms. The zero-order valence-electron chi connectivity index (χ0n) is 16.3. The lowest BCUT2D eigenvalue weighted by molar-refractivity contribution is 0.184. The maximum absolute atomic E-state index is 12.8. The lowest BCUT2D eigenvalue weighted by atomic mass is 9.98. The molecule has 1 aliphatic rings. The molecular weight excluding hydrogens is 427 g/mol. The molecule has 9 heteroatoms. The van der Waals surface area contributed by atoms with E-state index >= 15 is 0 Å². The quantitative estimate of drug-likeness (QED) is 0.574. The Kier molecular flexibility index (Phi) is 6.11. The summed E-state index contributed by atoms with van der Waals surface area (Å²) in [4.78, 5) is 19.0. The van der Waals surface area contributed by atoms with Gasteiger partial charge in [0.25, 0.3) is 0 Å². The van der Waals surface area contributed by atoms with Crippen LogP contribution in [-0.2, 0) is 0 Å². The number of amides is 2. The van der Waals surface area contributed by atoms with Crippen LogP contribution in [0.4, 0.5) is 10.5 Å². The van der Waals surface area contributed by atoms with Gasteiger partial charge in [0.05, 0.1) is 28.8 Å². The third-order valence-corrected chi connectivity index (χ3v) is 5.67. The van der Waals surface area contributed by atoms with Crippen molar-refractivity contribution < 1.29 is 14.1 Å². The summed E-state index contributed by atoms with van der Waals surface area (Å²) in [6, 6.07) is 12.3. The van der Waals surface area contributed by atoms with Crippen molar-refractivity contribution >= 4 is 34.9 Å². The Hall–Kier alpha value is -2.77. The molecule has 7 nitrogen and oxygen atoms in total. The van der Waals surface area contributed by atoms with Crippen molar-refractivity contribution in [3.63, 3.8) is 0 Å². The van der Waals surface area contributed by atoms with Gasteiger partial charge >= 0.3 is 6.03 Å². The molecule has 1 N–H and O–H groups in total. The van der Waals surface area contributed by atoms with Gasteiger partial charge < -0.3 is 19.5 Å². The molecule has 0 spiro atoms. The summed E-state index contributed by atoms with van der Waals surface area (Å²) in [6.45, 7) is 1.10. The van der Waals surface area contributed by atoms with E-state index in [9.17, 15) is 4.79 Å². The molecule has 4 rings (SSSR count). The van der Waals surface area contributed by atoms with Crippen LogP contribution in [0.15, 0.2) is 47.0 Å². The molecule has 2 amide bonds. The van der Waals surface area contributed by atoms with E-state index in [0.717, 1.165) is 24.2 Å². The number of likely N-dealkylation sites (tertiary alicyclic amines) is 1. The van der Waals surface area contributed by atoms with E-state index in [0.29, 0.717) is 40.5 Å². The molecule has 3 aromatic rings. The molecule has 30 heavy (non-hydrogen) atoms. The fourth-order valence-corrected chi connectivity index (χ4v) is 3.92. The number of halogens is 2. The van der Waals surface area contributed by atoms with Crippen LogP contribution in [0.5, 0.6) is 5.75 Å². The van der Waals surface area contributed by atoms with Crippen LogP contribution in [0.2, 0.25) is 10.0 Å². The van der Waals surface area contributed by atoms with Crippen LogP contribution >= 0.6 is 23.2 Å². The maximum Gasteiger partial charge on any atom is 0.321 e. The molecule has 1 saturated heterocycles. The second kappa shape index (κ2) is 8.93. The van der Waals surface area contributed by atoms with Gasteiger partial charge in [0, 0.05) is 18.7 Å². The minimum atomic E-state index is -0.260. The first-order valence-electron chi connectivity index (χ1n) is 9.53. The molecule has 1 aliphatic heterocycles. The minimum absolute atomic E-state index is 0.0364. The summed E-state index contributed by atoms with van der Waals surface area (Å²) in [5.74, 6) is 1.76. The van der Waals surface area contributed by atoms with E-state index < -0.39 is 0 Å². The largest absolute Gasteiger partial charge is 0.497 e. The lowest BCUT2D eigenvalue weighted by Gasteiger charge is -2.31. The Labute approximate surface area is 183 Å². The fourth-order valence-electron chi connectivity index (χ4n) is 3.42.